The van der Waals surface area contributed by atoms with Gasteiger partial charge < -0.3 is 9.14 Å². The van der Waals surface area contributed by atoms with E-state index in [4.69, 9.17) is 16.3 Å². The Kier molecular flexibility index (Phi) is 5.55. The second-order valence-corrected chi connectivity index (χ2v) is 8.03. The Morgan fingerprint density at radius 3 is 2.64 bits per heavy atom. The summed E-state index contributed by atoms with van der Waals surface area (Å²) in [6.45, 7) is -0.00594. The van der Waals surface area contributed by atoms with Gasteiger partial charge in [0.1, 0.15) is 16.3 Å². The van der Waals surface area contributed by atoms with E-state index in [2.05, 4.69) is 9.71 Å². The van der Waals surface area contributed by atoms with E-state index in [0.29, 0.717) is 11.3 Å². The number of imidazole rings is 1. The lowest BCUT2D eigenvalue weighted by atomic mass is 10.3. The number of fused-ring (bicyclic) bond motifs is 1. The lowest BCUT2D eigenvalue weighted by molar-refractivity contribution is -0.137. The second kappa shape index (κ2) is 7.61. The molecule has 150 valence electrons. The lowest BCUT2D eigenvalue weighted by Gasteiger charge is -2.10. The van der Waals surface area contributed by atoms with E-state index in [9.17, 15) is 21.6 Å². The smallest absolute Gasteiger partial charge is 0.417 e. The number of rotatable bonds is 6. The van der Waals surface area contributed by atoms with Crippen LogP contribution in [0.25, 0.3) is 5.65 Å². The van der Waals surface area contributed by atoms with Gasteiger partial charge in [-0.25, -0.2) is 18.1 Å². The molecule has 0 amide bonds. The molecule has 28 heavy (non-hydrogen) atoms. The molecule has 3 aromatic rings. The maximum absolute atomic E-state index is 12.8. The molecule has 1 aromatic carbocycles. The van der Waals surface area contributed by atoms with Crippen LogP contribution in [0.5, 0.6) is 5.75 Å². The Balaban J connectivity index is 1.73. The molecule has 0 bridgehead atoms. The maximum Gasteiger partial charge on any atom is 0.417 e. The maximum atomic E-state index is 12.8. The second-order valence-electron chi connectivity index (χ2n) is 5.86. The average molecular weight is 434 g/mol. The summed E-state index contributed by atoms with van der Waals surface area (Å²) < 4.78 is 72.0. The first-order chi connectivity index (χ1) is 13.1. The fraction of sp³-hybridized carbons (Fsp3) is 0.235. The Bertz CT molecular complexity index is 1110. The molecule has 0 aliphatic rings. The number of nitrogens with one attached hydrogen (secondary N) is 1. The van der Waals surface area contributed by atoms with Gasteiger partial charge in [-0.1, -0.05) is 11.6 Å². The molecule has 0 radical (unpaired) electrons. The van der Waals surface area contributed by atoms with Crippen molar-refractivity contribution in [2.24, 2.45) is 0 Å². The van der Waals surface area contributed by atoms with E-state index in [1.807, 2.05) is 0 Å². The van der Waals surface area contributed by atoms with Crippen molar-refractivity contribution in [1.29, 1.82) is 0 Å². The highest BCUT2D eigenvalue weighted by molar-refractivity contribution is 7.89. The molecule has 2 aromatic heterocycles. The van der Waals surface area contributed by atoms with E-state index in [1.54, 1.807) is 0 Å². The van der Waals surface area contributed by atoms with E-state index in [1.165, 1.54) is 42.0 Å². The molecule has 0 unspecified atom stereocenters. The van der Waals surface area contributed by atoms with Gasteiger partial charge in [0.25, 0.3) is 0 Å². The largest absolute Gasteiger partial charge is 0.495 e. The van der Waals surface area contributed by atoms with Crippen LogP contribution in [0.4, 0.5) is 13.2 Å². The number of pyridine rings is 1. The predicted molar refractivity (Wildman–Crippen MR) is 97.1 cm³/mol. The first-order valence-electron chi connectivity index (χ1n) is 7.98. The number of sulfonamides is 1. The summed E-state index contributed by atoms with van der Waals surface area (Å²) in [5, 5.41) is 0.238. The highest BCUT2D eigenvalue weighted by atomic mass is 35.5. The zero-order chi connectivity index (χ0) is 20.5. The number of benzene rings is 1. The monoisotopic (exact) mass is 433 g/mol. The zero-order valence-electron chi connectivity index (χ0n) is 14.5. The van der Waals surface area contributed by atoms with Crippen molar-refractivity contribution in [3.63, 3.8) is 0 Å². The number of aromatic nitrogens is 2. The quantitative estimate of drug-likeness (QED) is 0.645. The molecule has 0 saturated heterocycles. The molecule has 6 nitrogen and oxygen atoms in total. The fourth-order valence-electron chi connectivity index (χ4n) is 2.58. The number of methoxy groups -OCH3 is 1. The third-order valence-electron chi connectivity index (χ3n) is 3.92. The Morgan fingerprint density at radius 2 is 1.96 bits per heavy atom. The summed E-state index contributed by atoms with van der Waals surface area (Å²) in [4.78, 5) is 4.09. The van der Waals surface area contributed by atoms with Crippen LogP contribution < -0.4 is 9.46 Å². The number of halogens is 4. The van der Waals surface area contributed by atoms with Crippen molar-refractivity contribution < 1.29 is 26.3 Å². The Morgan fingerprint density at radius 1 is 1.21 bits per heavy atom. The number of ether oxygens (including phenoxy) is 1. The van der Waals surface area contributed by atoms with Crippen LogP contribution in [0.15, 0.2) is 47.6 Å². The molecule has 0 fully saturated rings. The van der Waals surface area contributed by atoms with E-state index >= 15 is 0 Å². The van der Waals surface area contributed by atoms with E-state index in [-0.39, 0.29) is 28.6 Å². The zero-order valence-corrected chi connectivity index (χ0v) is 16.1. The van der Waals surface area contributed by atoms with Crippen LogP contribution in [0, 0.1) is 0 Å². The summed E-state index contributed by atoms with van der Waals surface area (Å²) in [5.74, 6) is 0.143. The third kappa shape index (κ3) is 4.40. The topological polar surface area (TPSA) is 72.7 Å². The SMILES string of the molecule is COc1ccc(Cl)cc1S(=O)(=O)NCCc1cn2cc(C(F)(F)F)ccc2n1. The van der Waals surface area contributed by atoms with Gasteiger partial charge in [-0.15, -0.1) is 0 Å². The van der Waals surface area contributed by atoms with Gasteiger partial charge in [0.05, 0.1) is 18.4 Å². The first-order valence-corrected chi connectivity index (χ1v) is 9.84. The summed E-state index contributed by atoms with van der Waals surface area (Å²) in [7, 11) is -2.55. The molecular formula is C17H15ClF3N3O3S. The van der Waals surface area contributed by atoms with Crippen molar-refractivity contribution in [3.8, 4) is 5.75 Å². The van der Waals surface area contributed by atoms with Crippen LogP contribution in [-0.4, -0.2) is 31.5 Å². The lowest BCUT2D eigenvalue weighted by Crippen LogP contribution is -2.26. The van der Waals surface area contributed by atoms with Crippen molar-refractivity contribution in [2.75, 3.05) is 13.7 Å². The van der Waals surface area contributed by atoms with Gasteiger partial charge in [-0.3, -0.25) is 0 Å². The molecular weight excluding hydrogens is 419 g/mol. The minimum absolute atomic E-state index is 0.00594. The molecule has 1 N–H and O–H groups in total. The average Bonchev–Trinajstić information content (AvgIpc) is 3.02. The predicted octanol–water partition coefficient (Wildman–Crippen LogP) is 3.54. The molecule has 0 saturated carbocycles. The number of nitrogens with zero attached hydrogens (tertiary/aromatic N) is 2. The molecule has 11 heteroatoms. The van der Waals surface area contributed by atoms with Gasteiger partial charge in [0.2, 0.25) is 10.0 Å². The van der Waals surface area contributed by atoms with Gasteiger partial charge in [-0.05, 0) is 30.3 Å². The highest BCUT2D eigenvalue weighted by Crippen LogP contribution is 2.29. The fourth-order valence-corrected chi connectivity index (χ4v) is 4.05. The summed E-state index contributed by atoms with van der Waals surface area (Å²) in [5.41, 5.74) is -0.0137. The van der Waals surface area contributed by atoms with Gasteiger partial charge in [-0.2, -0.15) is 13.2 Å². The molecule has 0 spiro atoms. The number of alkyl halides is 3. The van der Waals surface area contributed by atoms with Crippen LogP contribution in [-0.2, 0) is 22.6 Å². The van der Waals surface area contributed by atoms with Crippen LogP contribution in [0.1, 0.15) is 11.3 Å². The van der Waals surface area contributed by atoms with Crippen molar-refractivity contribution in [3.05, 3.63) is 59.0 Å². The van der Waals surface area contributed by atoms with Crippen LogP contribution in [0.2, 0.25) is 5.02 Å². The van der Waals surface area contributed by atoms with Crippen molar-refractivity contribution in [2.45, 2.75) is 17.5 Å². The molecule has 0 aliphatic carbocycles. The standard InChI is InChI=1S/C17H15ClF3N3O3S/c1-27-14-4-3-12(18)8-15(14)28(25,26)22-7-6-13-10-24-9-11(17(19,20)21)2-5-16(24)23-13/h2-5,8-10,22H,6-7H2,1H3. The Labute approximate surface area is 164 Å². The third-order valence-corrected chi connectivity index (χ3v) is 5.63. The van der Waals surface area contributed by atoms with E-state index in [0.717, 1.165) is 12.3 Å². The number of hydrogen-bond donors (Lipinski definition) is 1. The molecule has 2 heterocycles. The van der Waals surface area contributed by atoms with Crippen molar-refractivity contribution in [1.82, 2.24) is 14.1 Å². The van der Waals surface area contributed by atoms with Gasteiger partial charge >= 0.3 is 6.18 Å². The van der Waals surface area contributed by atoms with Crippen molar-refractivity contribution >= 4 is 27.3 Å². The minimum Gasteiger partial charge on any atom is -0.495 e. The van der Waals surface area contributed by atoms with Gasteiger partial charge in [0.15, 0.2) is 0 Å². The first kappa shape index (κ1) is 20.4. The van der Waals surface area contributed by atoms with Crippen LogP contribution in [0.3, 0.4) is 0 Å². The molecule has 0 aliphatic heterocycles. The summed E-state index contributed by atoms with van der Waals surface area (Å²) in [6.07, 6.45) is -1.90. The molecule has 3 rings (SSSR count). The number of hydrogen-bond acceptors (Lipinski definition) is 4. The summed E-state index contributed by atoms with van der Waals surface area (Å²) >= 11 is 5.86. The van der Waals surface area contributed by atoms with Gasteiger partial charge in [0, 0.05) is 30.4 Å². The minimum atomic E-state index is -4.45. The van der Waals surface area contributed by atoms with E-state index < -0.39 is 21.8 Å². The summed E-state index contributed by atoms with van der Waals surface area (Å²) in [6, 6.07) is 6.42. The molecule has 0 atom stereocenters. The normalized spacial score (nSPS) is 12.5. The Hall–Kier alpha value is -2.30. The van der Waals surface area contributed by atoms with Crippen LogP contribution >= 0.6 is 11.6 Å². The highest BCUT2D eigenvalue weighted by Gasteiger charge is 2.30.